The molecule has 0 unspecified atom stereocenters. The van der Waals surface area contributed by atoms with Crippen LogP contribution in [0.25, 0.3) is 0 Å². The van der Waals surface area contributed by atoms with Gasteiger partial charge >= 0.3 is 5.97 Å². The van der Waals surface area contributed by atoms with E-state index >= 15 is 0 Å². The number of anilines is 2. The smallest absolute Gasteiger partial charge is 0.338 e. The molecule has 0 radical (unpaired) electrons. The maximum Gasteiger partial charge on any atom is 0.338 e. The molecule has 0 spiro atoms. The SMILES string of the molecule is CCOC(=O)C1=C(Nc2ccccc2)C[C@@H](c2cccc(C)c2)N(c2ccccc2)[C@@H]1c1cccc(C)c1. The van der Waals surface area contributed by atoms with Crippen LogP contribution in [0.1, 0.15) is 47.7 Å². The van der Waals surface area contributed by atoms with E-state index in [1.807, 2.05) is 43.3 Å². The minimum atomic E-state index is -0.346. The van der Waals surface area contributed by atoms with Crippen molar-refractivity contribution in [2.24, 2.45) is 0 Å². The summed E-state index contributed by atoms with van der Waals surface area (Å²) < 4.78 is 5.71. The van der Waals surface area contributed by atoms with E-state index in [-0.39, 0.29) is 18.1 Å². The first-order valence-corrected chi connectivity index (χ1v) is 13.2. The fourth-order valence-corrected chi connectivity index (χ4v) is 5.40. The van der Waals surface area contributed by atoms with Crippen LogP contribution in [0.4, 0.5) is 11.4 Å². The summed E-state index contributed by atoms with van der Waals surface area (Å²) in [6.45, 7) is 6.39. The Kier molecular flexibility index (Phi) is 7.60. The summed E-state index contributed by atoms with van der Waals surface area (Å²) in [7, 11) is 0. The minimum absolute atomic E-state index is 0.00722. The molecule has 5 rings (SSSR count). The highest BCUT2D eigenvalue weighted by Crippen LogP contribution is 2.48. The molecule has 1 N–H and O–H groups in total. The lowest BCUT2D eigenvalue weighted by atomic mass is 9.83. The number of nitrogens with one attached hydrogen (secondary N) is 1. The van der Waals surface area contributed by atoms with Gasteiger partial charge in [0.05, 0.1) is 24.3 Å². The van der Waals surface area contributed by atoms with Crippen LogP contribution in [0.2, 0.25) is 0 Å². The topological polar surface area (TPSA) is 41.6 Å². The van der Waals surface area contributed by atoms with Crippen LogP contribution in [0, 0.1) is 13.8 Å². The van der Waals surface area contributed by atoms with Gasteiger partial charge in [-0.25, -0.2) is 4.79 Å². The van der Waals surface area contributed by atoms with E-state index in [1.54, 1.807) is 0 Å². The van der Waals surface area contributed by atoms with Gasteiger partial charge in [0.2, 0.25) is 0 Å². The summed E-state index contributed by atoms with van der Waals surface area (Å²) in [6.07, 6.45) is 0.629. The molecule has 1 aliphatic heterocycles. The highest BCUT2D eigenvalue weighted by Gasteiger charge is 2.41. The van der Waals surface area contributed by atoms with E-state index in [4.69, 9.17) is 4.74 Å². The van der Waals surface area contributed by atoms with E-state index in [0.29, 0.717) is 18.6 Å². The van der Waals surface area contributed by atoms with Crippen molar-refractivity contribution < 1.29 is 9.53 Å². The number of carbonyl (C=O) groups is 1. The Bertz CT molecular complexity index is 1430. The first-order valence-electron chi connectivity index (χ1n) is 13.2. The van der Waals surface area contributed by atoms with E-state index in [9.17, 15) is 4.79 Å². The van der Waals surface area contributed by atoms with Crippen LogP contribution >= 0.6 is 0 Å². The second-order valence-electron chi connectivity index (χ2n) is 9.80. The van der Waals surface area contributed by atoms with Crippen molar-refractivity contribution in [3.05, 3.63) is 143 Å². The minimum Gasteiger partial charge on any atom is -0.463 e. The number of benzene rings is 4. The van der Waals surface area contributed by atoms with Crippen LogP contribution in [0.3, 0.4) is 0 Å². The number of aryl methyl sites for hydroxylation is 2. The van der Waals surface area contributed by atoms with Gasteiger partial charge in [0.25, 0.3) is 0 Å². The molecule has 4 aromatic carbocycles. The van der Waals surface area contributed by atoms with E-state index in [0.717, 1.165) is 28.2 Å². The number of hydrogen-bond donors (Lipinski definition) is 1. The Morgan fingerprint density at radius 2 is 1.42 bits per heavy atom. The molecule has 38 heavy (non-hydrogen) atoms. The van der Waals surface area contributed by atoms with Gasteiger partial charge in [0.15, 0.2) is 0 Å². The first kappa shape index (κ1) is 25.3. The zero-order valence-corrected chi connectivity index (χ0v) is 22.2. The highest BCUT2D eigenvalue weighted by molar-refractivity contribution is 5.93. The van der Waals surface area contributed by atoms with Crippen LogP contribution < -0.4 is 10.2 Å². The van der Waals surface area contributed by atoms with Crippen molar-refractivity contribution in [2.45, 2.75) is 39.3 Å². The largest absolute Gasteiger partial charge is 0.463 e. The van der Waals surface area contributed by atoms with E-state index < -0.39 is 0 Å². The Labute approximate surface area is 225 Å². The van der Waals surface area contributed by atoms with Gasteiger partial charge in [-0.15, -0.1) is 0 Å². The molecule has 0 saturated carbocycles. The molecule has 1 aliphatic rings. The van der Waals surface area contributed by atoms with Crippen molar-refractivity contribution in [2.75, 3.05) is 16.8 Å². The Morgan fingerprint density at radius 3 is 2.05 bits per heavy atom. The lowest BCUT2D eigenvalue weighted by molar-refractivity contribution is -0.139. The lowest BCUT2D eigenvalue weighted by Crippen LogP contribution is -2.41. The summed E-state index contributed by atoms with van der Waals surface area (Å²) in [5, 5.41) is 3.62. The van der Waals surface area contributed by atoms with Gasteiger partial charge in [-0.05, 0) is 56.2 Å². The van der Waals surface area contributed by atoms with Crippen molar-refractivity contribution in [3.63, 3.8) is 0 Å². The van der Waals surface area contributed by atoms with Crippen LogP contribution in [0.15, 0.2) is 120 Å². The second-order valence-corrected chi connectivity index (χ2v) is 9.80. The summed E-state index contributed by atoms with van der Waals surface area (Å²) in [5.74, 6) is -0.291. The zero-order chi connectivity index (χ0) is 26.5. The number of hydrogen-bond acceptors (Lipinski definition) is 4. The normalized spacial score (nSPS) is 17.3. The van der Waals surface area contributed by atoms with Crippen LogP contribution in [0.5, 0.6) is 0 Å². The van der Waals surface area contributed by atoms with E-state index in [2.05, 4.69) is 96.9 Å². The molecule has 0 saturated heterocycles. The summed E-state index contributed by atoms with van der Waals surface area (Å²) in [4.78, 5) is 16.2. The summed E-state index contributed by atoms with van der Waals surface area (Å²) in [5.41, 5.74) is 8.17. The zero-order valence-electron chi connectivity index (χ0n) is 22.2. The number of nitrogens with zero attached hydrogens (tertiary/aromatic N) is 1. The van der Waals surface area contributed by atoms with Crippen LogP contribution in [-0.2, 0) is 9.53 Å². The van der Waals surface area contributed by atoms with Crippen molar-refractivity contribution in [3.8, 4) is 0 Å². The Balaban J connectivity index is 1.79. The van der Waals surface area contributed by atoms with Gasteiger partial charge in [-0.3, -0.25) is 0 Å². The summed E-state index contributed by atoms with van der Waals surface area (Å²) >= 11 is 0. The van der Waals surface area contributed by atoms with Crippen molar-refractivity contribution >= 4 is 17.3 Å². The quantitative estimate of drug-likeness (QED) is 0.261. The van der Waals surface area contributed by atoms with Crippen molar-refractivity contribution in [1.29, 1.82) is 0 Å². The standard InChI is InChI=1S/C34H34N2O2/c1-4-38-34(37)32-30(35-28-17-7-5-8-18-28)23-31(26-15-11-13-24(2)21-26)36(29-19-9-6-10-20-29)33(32)27-16-12-14-25(3)22-27/h5-22,31,33,35H,4,23H2,1-3H3/t31-,33+/m0/s1. The number of ether oxygens (including phenoxy) is 1. The molecule has 0 aromatic heterocycles. The maximum absolute atomic E-state index is 13.8. The van der Waals surface area contributed by atoms with Gasteiger partial charge in [0, 0.05) is 23.5 Å². The van der Waals surface area contributed by atoms with E-state index in [1.165, 1.54) is 11.1 Å². The molecular weight excluding hydrogens is 468 g/mol. The average Bonchev–Trinajstić information content (AvgIpc) is 2.93. The molecule has 2 atom stereocenters. The molecule has 4 nitrogen and oxygen atoms in total. The monoisotopic (exact) mass is 502 g/mol. The number of esters is 1. The summed E-state index contributed by atoms with van der Waals surface area (Å²) in [6, 6.07) is 37.2. The van der Waals surface area contributed by atoms with Crippen LogP contribution in [-0.4, -0.2) is 12.6 Å². The number of rotatable bonds is 7. The lowest BCUT2D eigenvalue weighted by Gasteiger charge is -2.46. The molecule has 4 aromatic rings. The second kappa shape index (κ2) is 11.4. The number of para-hydroxylation sites is 2. The maximum atomic E-state index is 13.8. The average molecular weight is 503 g/mol. The van der Waals surface area contributed by atoms with Gasteiger partial charge in [-0.1, -0.05) is 96.1 Å². The third-order valence-electron chi connectivity index (χ3n) is 7.01. The van der Waals surface area contributed by atoms with Gasteiger partial charge in [-0.2, -0.15) is 0 Å². The fourth-order valence-electron chi connectivity index (χ4n) is 5.40. The molecule has 0 fully saturated rings. The molecule has 0 aliphatic carbocycles. The molecular formula is C34H34N2O2. The third kappa shape index (κ3) is 5.35. The third-order valence-corrected chi connectivity index (χ3v) is 7.01. The highest BCUT2D eigenvalue weighted by atomic mass is 16.5. The Morgan fingerprint density at radius 1 is 0.816 bits per heavy atom. The number of carbonyl (C=O) groups excluding carboxylic acids is 1. The molecule has 0 bridgehead atoms. The fraction of sp³-hybridized carbons (Fsp3) is 0.206. The molecule has 4 heteroatoms. The van der Waals surface area contributed by atoms with Gasteiger partial charge < -0.3 is 15.0 Å². The van der Waals surface area contributed by atoms with Crippen molar-refractivity contribution in [1.82, 2.24) is 0 Å². The predicted molar refractivity (Wildman–Crippen MR) is 155 cm³/mol. The Hall–Kier alpha value is -4.31. The van der Waals surface area contributed by atoms with Gasteiger partial charge in [0.1, 0.15) is 0 Å². The molecule has 1 heterocycles. The predicted octanol–water partition coefficient (Wildman–Crippen LogP) is 7.93. The molecule has 0 amide bonds. The first-order chi connectivity index (χ1) is 18.5. The molecule has 192 valence electrons.